The molecule has 5 heteroatoms. The molecule has 2 aliphatic rings. The monoisotopic (exact) mass is 514 g/mol. The van der Waals surface area contributed by atoms with Crippen LogP contribution < -0.4 is 0 Å². The molecular weight excluding hydrogens is 476 g/mol. The Hall–Kier alpha value is -2.80. The van der Waals surface area contributed by atoms with Gasteiger partial charge in [-0.2, -0.15) is 0 Å². The highest BCUT2D eigenvalue weighted by Gasteiger charge is 2.55. The highest BCUT2D eigenvalue weighted by molar-refractivity contribution is 5.15. The minimum Gasteiger partial charge on any atom is -0.374 e. The van der Waals surface area contributed by atoms with Gasteiger partial charge in [0.15, 0.2) is 6.29 Å². The van der Waals surface area contributed by atoms with E-state index in [1.54, 1.807) is 0 Å². The van der Waals surface area contributed by atoms with Gasteiger partial charge in [0.05, 0.1) is 38.1 Å². The van der Waals surface area contributed by atoms with Crippen molar-refractivity contribution in [2.24, 2.45) is 5.92 Å². The molecule has 2 aliphatic heterocycles. The van der Waals surface area contributed by atoms with E-state index in [0.29, 0.717) is 26.4 Å². The number of hydrogen-bond donors (Lipinski definition) is 0. The molecule has 0 radical (unpaired) electrons. The molecule has 0 spiro atoms. The molecular formula is C33H38O5. The zero-order valence-corrected chi connectivity index (χ0v) is 22.1. The van der Waals surface area contributed by atoms with Crippen LogP contribution >= 0.6 is 0 Å². The van der Waals surface area contributed by atoms with Crippen LogP contribution in [0.1, 0.15) is 36.5 Å². The van der Waals surface area contributed by atoms with Crippen molar-refractivity contribution in [2.45, 2.75) is 69.8 Å². The van der Waals surface area contributed by atoms with Crippen molar-refractivity contribution in [1.29, 1.82) is 0 Å². The smallest absolute Gasteiger partial charge is 0.164 e. The van der Waals surface area contributed by atoms with E-state index >= 15 is 0 Å². The second kappa shape index (κ2) is 12.8. The van der Waals surface area contributed by atoms with Gasteiger partial charge in [-0.3, -0.25) is 0 Å². The molecule has 0 bridgehead atoms. The third-order valence-corrected chi connectivity index (χ3v) is 7.38. The summed E-state index contributed by atoms with van der Waals surface area (Å²) in [6.07, 6.45) is 2.23. The van der Waals surface area contributed by atoms with Crippen molar-refractivity contribution in [3.8, 4) is 0 Å². The lowest BCUT2D eigenvalue weighted by molar-refractivity contribution is -0.291. The Morgan fingerprint density at radius 1 is 0.789 bits per heavy atom. The largest absolute Gasteiger partial charge is 0.374 e. The Morgan fingerprint density at radius 3 is 1.87 bits per heavy atom. The lowest BCUT2D eigenvalue weighted by atomic mass is 9.84. The third kappa shape index (κ3) is 6.79. The van der Waals surface area contributed by atoms with Gasteiger partial charge in [0.25, 0.3) is 0 Å². The molecule has 2 saturated heterocycles. The molecule has 0 amide bonds. The van der Waals surface area contributed by atoms with Gasteiger partial charge in [0.2, 0.25) is 0 Å². The van der Waals surface area contributed by atoms with Crippen LogP contribution in [0.5, 0.6) is 0 Å². The minimum atomic E-state index is -0.386. The first kappa shape index (κ1) is 26.8. The van der Waals surface area contributed by atoms with Crippen molar-refractivity contribution in [1.82, 2.24) is 0 Å². The number of hydrogen-bond acceptors (Lipinski definition) is 5. The molecule has 0 aliphatic carbocycles. The fourth-order valence-electron chi connectivity index (χ4n) is 5.51. The molecule has 200 valence electrons. The molecule has 2 heterocycles. The molecule has 38 heavy (non-hydrogen) atoms. The van der Waals surface area contributed by atoms with Gasteiger partial charge < -0.3 is 23.7 Å². The lowest BCUT2D eigenvalue weighted by Gasteiger charge is -2.43. The predicted molar refractivity (Wildman–Crippen MR) is 147 cm³/mol. The topological polar surface area (TPSA) is 46.2 Å². The van der Waals surface area contributed by atoms with Crippen molar-refractivity contribution in [3.63, 3.8) is 0 Å². The maximum atomic E-state index is 6.68. The summed E-state index contributed by atoms with van der Waals surface area (Å²) >= 11 is 0. The van der Waals surface area contributed by atoms with Gasteiger partial charge in [-0.15, -0.1) is 6.58 Å². The van der Waals surface area contributed by atoms with E-state index in [0.717, 1.165) is 29.5 Å². The summed E-state index contributed by atoms with van der Waals surface area (Å²) in [4.78, 5) is 0. The van der Waals surface area contributed by atoms with Crippen LogP contribution in [0.15, 0.2) is 104 Å². The van der Waals surface area contributed by atoms with Crippen LogP contribution in [0.4, 0.5) is 0 Å². The molecule has 0 unspecified atom stereocenters. The molecule has 3 aromatic rings. The molecule has 0 saturated carbocycles. The molecule has 0 aromatic heterocycles. The van der Waals surface area contributed by atoms with Gasteiger partial charge >= 0.3 is 0 Å². The molecule has 2 fully saturated rings. The highest BCUT2D eigenvalue weighted by Crippen LogP contribution is 2.46. The fraction of sp³-hybridized carbons (Fsp3) is 0.394. The zero-order chi connectivity index (χ0) is 26.2. The van der Waals surface area contributed by atoms with E-state index in [2.05, 4.69) is 49.9 Å². The van der Waals surface area contributed by atoms with Gasteiger partial charge in [-0.1, -0.05) is 97.1 Å². The number of ether oxygens (including phenoxy) is 5. The van der Waals surface area contributed by atoms with Gasteiger partial charge in [-0.25, -0.2) is 0 Å². The first-order valence-electron chi connectivity index (χ1n) is 13.5. The highest BCUT2D eigenvalue weighted by atomic mass is 16.7. The molecule has 0 N–H and O–H groups in total. The zero-order valence-electron chi connectivity index (χ0n) is 22.1. The lowest BCUT2D eigenvalue weighted by Crippen LogP contribution is -2.56. The Balaban J connectivity index is 1.37. The normalized spacial score (nSPS) is 28.6. The summed E-state index contributed by atoms with van der Waals surface area (Å²) in [5.74, 6) is 0.0369. The summed E-state index contributed by atoms with van der Waals surface area (Å²) in [6.45, 7) is 7.93. The van der Waals surface area contributed by atoms with Gasteiger partial charge in [-0.05, 0) is 36.5 Å². The molecule has 5 rings (SSSR count). The maximum Gasteiger partial charge on any atom is 0.164 e. The van der Waals surface area contributed by atoms with Gasteiger partial charge in [0, 0.05) is 5.92 Å². The van der Waals surface area contributed by atoms with Crippen LogP contribution in [0.3, 0.4) is 0 Å². The molecule has 6 atom stereocenters. The summed E-state index contributed by atoms with van der Waals surface area (Å²) in [5.41, 5.74) is 3.01. The van der Waals surface area contributed by atoms with E-state index in [9.17, 15) is 0 Å². The number of benzene rings is 3. The average Bonchev–Trinajstić information content (AvgIpc) is 3.28. The van der Waals surface area contributed by atoms with E-state index in [-0.39, 0.29) is 36.1 Å². The summed E-state index contributed by atoms with van der Waals surface area (Å²) < 4.78 is 32.6. The Bertz CT molecular complexity index is 1120. The van der Waals surface area contributed by atoms with Crippen molar-refractivity contribution in [2.75, 3.05) is 6.61 Å². The summed E-state index contributed by atoms with van der Waals surface area (Å²) in [7, 11) is 0. The van der Waals surface area contributed by atoms with Crippen LogP contribution in [0, 0.1) is 5.92 Å². The predicted octanol–water partition coefficient (Wildman–Crippen LogP) is 6.47. The second-order valence-corrected chi connectivity index (χ2v) is 10.5. The molecule has 3 aromatic carbocycles. The Labute approximate surface area is 226 Å². The summed E-state index contributed by atoms with van der Waals surface area (Å²) in [6, 6.07) is 30.7. The second-order valence-electron chi connectivity index (χ2n) is 10.5. The molecule has 5 nitrogen and oxygen atoms in total. The first-order chi connectivity index (χ1) is 18.6. The first-order valence-corrected chi connectivity index (χ1v) is 13.5. The summed E-state index contributed by atoms with van der Waals surface area (Å²) in [5, 5.41) is 0. The van der Waals surface area contributed by atoms with Crippen molar-refractivity contribution >= 4 is 0 Å². The third-order valence-electron chi connectivity index (χ3n) is 7.38. The van der Waals surface area contributed by atoms with E-state index in [1.807, 2.05) is 60.7 Å². The van der Waals surface area contributed by atoms with Gasteiger partial charge in [0.1, 0.15) is 12.2 Å². The van der Waals surface area contributed by atoms with Crippen LogP contribution in [-0.2, 0) is 43.5 Å². The SMILES string of the molecule is C=CC[C@@]1(C)C[C@H]2[C@@H](O[C@H](COCc3ccccc3)[C@@H](OCc3ccccc3)[C@@H]2OCc2ccccc2)O1. The van der Waals surface area contributed by atoms with Crippen molar-refractivity contribution < 1.29 is 23.7 Å². The fourth-order valence-corrected chi connectivity index (χ4v) is 5.51. The Kier molecular flexibility index (Phi) is 9.05. The quantitative estimate of drug-likeness (QED) is 0.259. The van der Waals surface area contributed by atoms with Crippen LogP contribution in [0.2, 0.25) is 0 Å². The number of rotatable bonds is 12. The van der Waals surface area contributed by atoms with Crippen LogP contribution in [0.25, 0.3) is 0 Å². The Morgan fingerprint density at radius 2 is 1.32 bits per heavy atom. The van der Waals surface area contributed by atoms with E-state index < -0.39 is 0 Å². The van der Waals surface area contributed by atoms with E-state index in [4.69, 9.17) is 23.7 Å². The standard InChI is InChI=1S/C33H38O5/c1-3-19-33(2)20-28-30(35-22-26-15-9-5-10-16-26)31(36-23-27-17-11-6-12-18-27)29(37-32(28)38-33)24-34-21-25-13-7-4-8-14-25/h3-18,28-32H,1,19-24H2,2H3/t28-,29-,30-,31-,32+,33+/m1/s1. The average molecular weight is 515 g/mol. The maximum absolute atomic E-state index is 6.68. The van der Waals surface area contributed by atoms with Crippen LogP contribution in [-0.4, -0.2) is 36.8 Å². The van der Waals surface area contributed by atoms with E-state index in [1.165, 1.54) is 0 Å². The minimum absolute atomic E-state index is 0.0369. The number of fused-ring (bicyclic) bond motifs is 1. The van der Waals surface area contributed by atoms with Crippen molar-refractivity contribution in [3.05, 3.63) is 120 Å².